The van der Waals surface area contributed by atoms with E-state index in [9.17, 15) is 14.2 Å². The van der Waals surface area contributed by atoms with Gasteiger partial charge in [-0.3, -0.25) is 9.32 Å². The van der Waals surface area contributed by atoms with Crippen LogP contribution in [0.3, 0.4) is 0 Å². The molecular formula is C16H13N2O4P. The largest absolute Gasteiger partial charge is 0.329 e. The summed E-state index contributed by atoms with van der Waals surface area (Å²) in [6.07, 6.45) is 0. The van der Waals surface area contributed by atoms with Crippen LogP contribution in [0.1, 0.15) is 11.1 Å². The number of imide groups is 1. The van der Waals surface area contributed by atoms with E-state index in [1.807, 2.05) is 12.1 Å². The number of amides is 3. The zero-order chi connectivity index (χ0) is 16.3. The Morgan fingerprint density at radius 3 is 1.96 bits per heavy atom. The molecule has 1 fully saturated rings. The fourth-order valence-electron chi connectivity index (χ4n) is 2.71. The summed E-state index contributed by atoms with van der Waals surface area (Å²) in [6, 6.07) is 17.4. The van der Waals surface area contributed by atoms with Gasteiger partial charge in [0.05, 0.1) is 0 Å². The maximum absolute atomic E-state index is 13.0. The highest BCUT2D eigenvalue weighted by molar-refractivity contribution is 7.17. The van der Waals surface area contributed by atoms with Crippen LogP contribution in [0.15, 0.2) is 60.7 Å². The molecule has 1 heterocycles. The molecule has 3 rings (SSSR count). The molecule has 3 amide bonds. The molecule has 0 aromatic heterocycles. The molecule has 7 heteroatoms. The summed E-state index contributed by atoms with van der Waals surface area (Å²) in [4.78, 5) is 26.2. The average Bonchev–Trinajstić information content (AvgIpc) is 2.86. The second kappa shape index (κ2) is 6.28. The lowest BCUT2D eigenvalue weighted by Crippen LogP contribution is -2.45. The average molecular weight is 328 g/mol. The minimum atomic E-state index is -1.32. The molecule has 116 valence electrons. The van der Waals surface area contributed by atoms with Gasteiger partial charge in [0.2, 0.25) is 0 Å². The molecule has 0 saturated carbocycles. The quantitative estimate of drug-likeness (QED) is 0.676. The highest BCUT2D eigenvalue weighted by Gasteiger charge is 2.53. The van der Waals surface area contributed by atoms with E-state index in [4.69, 9.17) is 0 Å². The molecule has 1 N–H and O–H groups in total. The standard InChI is InChI=1S/C16H13N2O4P/c19-14-16(12-7-3-1-4-8-12,13-9-5-2-6-10-13)17-15(20)18(14)11-22-23-21/h1-10H,11H2,(H,17,20). The molecule has 0 atom stereocenters. The molecule has 2 aromatic carbocycles. The van der Waals surface area contributed by atoms with Crippen molar-refractivity contribution in [1.29, 1.82) is 0 Å². The predicted octanol–water partition coefficient (Wildman–Crippen LogP) is 2.66. The van der Waals surface area contributed by atoms with Crippen molar-refractivity contribution in [3.8, 4) is 0 Å². The first-order chi connectivity index (χ1) is 11.2. The Kier molecular flexibility index (Phi) is 4.19. The van der Waals surface area contributed by atoms with Crippen LogP contribution in [0.25, 0.3) is 0 Å². The number of carbonyl (C=O) groups is 2. The van der Waals surface area contributed by atoms with Crippen molar-refractivity contribution < 1.29 is 18.7 Å². The Morgan fingerprint density at radius 1 is 0.957 bits per heavy atom. The van der Waals surface area contributed by atoms with Gasteiger partial charge in [-0.15, -0.1) is 0 Å². The van der Waals surface area contributed by atoms with E-state index in [0.717, 1.165) is 4.90 Å². The van der Waals surface area contributed by atoms with Crippen molar-refractivity contribution in [1.82, 2.24) is 10.2 Å². The van der Waals surface area contributed by atoms with Crippen molar-refractivity contribution in [3.63, 3.8) is 0 Å². The summed E-state index contributed by atoms with van der Waals surface area (Å²) in [5.74, 6) is -0.469. The second-order valence-electron chi connectivity index (χ2n) is 4.98. The molecule has 0 spiro atoms. The number of benzene rings is 2. The zero-order valence-electron chi connectivity index (χ0n) is 12.0. The topological polar surface area (TPSA) is 75.7 Å². The van der Waals surface area contributed by atoms with E-state index < -0.39 is 26.2 Å². The first-order valence-electron chi connectivity index (χ1n) is 6.90. The predicted molar refractivity (Wildman–Crippen MR) is 82.6 cm³/mol. The molecule has 6 nitrogen and oxygen atoms in total. The smallest absolute Gasteiger partial charge is 0.315 e. The lowest BCUT2D eigenvalue weighted by atomic mass is 9.83. The van der Waals surface area contributed by atoms with Crippen LogP contribution in [0.5, 0.6) is 0 Å². The number of hydrogen-bond acceptors (Lipinski definition) is 4. The molecular weight excluding hydrogens is 315 g/mol. The molecule has 23 heavy (non-hydrogen) atoms. The fraction of sp³-hybridized carbons (Fsp3) is 0.125. The SMILES string of the molecule is O=POCN1C(=O)NC(c2ccccc2)(c2ccccc2)C1=O. The third-order valence-electron chi connectivity index (χ3n) is 3.76. The molecule has 1 aliphatic rings. The van der Waals surface area contributed by atoms with Gasteiger partial charge in [0, 0.05) is 0 Å². The minimum absolute atomic E-state index is 0.378. The third kappa shape index (κ3) is 2.52. The summed E-state index contributed by atoms with van der Waals surface area (Å²) < 4.78 is 15.2. The van der Waals surface area contributed by atoms with Gasteiger partial charge in [-0.25, -0.2) is 14.3 Å². The summed E-state index contributed by atoms with van der Waals surface area (Å²) in [5.41, 5.74) is -0.0265. The number of urea groups is 1. The van der Waals surface area contributed by atoms with E-state index in [1.54, 1.807) is 48.5 Å². The van der Waals surface area contributed by atoms with Crippen molar-refractivity contribution >= 4 is 20.6 Å². The van der Waals surface area contributed by atoms with Gasteiger partial charge in [0.25, 0.3) is 5.91 Å². The lowest BCUT2D eigenvalue weighted by Gasteiger charge is -2.27. The second-order valence-corrected chi connectivity index (χ2v) is 5.39. The summed E-state index contributed by atoms with van der Waals surface area (Å²) in [5, 5.41) is 2.76. The highest BCUT2D eigenvalue weighted by Crippen LogP contribution is 2.35. The molecule has 2 aromatic rings. The van der Waals surface area contributed by atoms with Crippen LogP contribution < -0.4 is 5.32 Å². The molecule has 1 aliphatic heterocycles. The van der Waals surface area contributed by atoms with Gasteiger partial charge in [0.1, 0.15) is 6.73 Å². The Balaban J connectivity index is 2.13. The van der Waals surface area contributed by atoms with Crippen LogP contribution in [-0.4, -0.2) is 23.6 Å². The van der Waals surface area contributed by atoms with Gasteiger partial charge in [-0.2, -0.15) is 0 Å². The Bertz CT molecular complexity index is 697. The number of carbonyl (C=O) groups excluding carboxylic acids is 2. The van der Waals surface area contributed by atoms with Crippen LogP contribution in [-0.2, 0) is 19.4 Å². The molecule has 0 aliphatic carbocycles. The van der Waals surface area contributed by atoms with Gasteiger partial charge >= 0.3 is 14.7 Å². The van der Waals surface area contributed by atoms with E-state index in [-0.39, 0.29) is 6.73 Å². The molecule has 0 radical (unpaired) electrons. The number of hydrogen-bond donors (Lipinski definition) is 1. The highest BCUT2D eigenvalue weighted by atomic mass is 31.1. The normalized spacial score (nSPS) is 16.6. The van der Waals surface area contributed by atoms with E-state index in [2.05, 4.69) is 9.84 Å². The van der Waals surface area contributed by atoms with Gasteiger partial charge in [-0.05, 0) is 11.1 Å². The van der Waals surface area contributed by atoms with E-state index >= 15 is 0 Å². The van der Waals surface area contributed by atoms with Crippen molar-refractivity contribution in [2.75, 3.05) is 6.73 Å². The third-order valence-corrected chi connectivity index (χ3v) is 3.98. The van der Waals surface area contributed by atoms with Gasteiger partial charge in [-0.1, -0.05) is 60.7 Å². The maximum Gasteiger partial charge on any atom is 0.329 e. The van der Waals surface area contributed by atoms with Crippen LogP contribution >= 0.6 is 8.69 Å². The number of rotatable bonds is 5. The first-order valence-corrected chi connectivity index (χ1v) is 7.63. The van der Waals surface area contributed by atoms with E-state index in [1.165, 1.54) is 0 Å². The summed E-state index contributed by atoms with van der Waals surface area (Å²) in [6.45, 7) is -0.378. The van der Waals surface area contributed by atoms with Crippen LogP contribution in [0.2, 0.25) is 0 Å². The van der Waals surface area contributed by atoms with Gasteiger partial charge < -0.3 is 5.32 Å². The molecule has 1 saturated heterocycles. The monoisotopic (exact) mass is 328 g/mol. The van der Waals surface area contributed by atoms with Gasteiger partial charge in [0.15, 0.2) is 5.54 Å². The molecule has 0 bridgehead atoms. The minimum Gasteiger partial charge on any atom is -0.315 e. The first kappa shape index (κ1) is 15.3. The Morgan fingerprint density at radius 2 is 1.48 bits per heavy atom. The summed E-state index contributed by atoms with van der Waals surface area (Å²) >= 11 is 0. The lowest BCUT2D eigenvalue weighted by molar-refractivity contribution is -0.132. The Labute approximate surface area is 134 Å². The van der Waals surface area contributed by atoms with Crippen molar-refractivity contribution in [3.05, 3.63) is 71.8 Å². The van der Waals surface area contributed by atoms with Crippen molar-refractivity contribution in [2.24, 2.45) is 0 Å². The van der Waals surface area contributed by atoms with Crippen molar-refractivity contribution in [2.45, 2.75) is 5.54 Å². The summed E-state index contributed by atoms with van der Waals surface area (Å²) in [7, 11) is -0.592. The molecule has 0 unspecified atom stereocenters. The van der Waals surface area contributed by atoms with E-state index in [0.29, 0.717) is 11.1 Å². The van der Waals surface area contributed by atoms with Crippen LogP contribution in [0, 0.1) is 0 Å². The van der Waals surface area contributed by atoms with Crippen LogP contribution in [0.4, 0.5) is 4.79 Å². The number of nitrogens with one attached hydrogen (secondary N) is 1. The fourth-order valence-corrected chi connectivity index (χ4v) is 2.87. The number of nitrogens with zero attached hydrogens (tertiary/aromatic N) is 1. The zero-order valence-corrected chi connectivity index (χ0v) is 12.9. The maximum atomic E-state index is 13.0. The Hall–Kier alpha value is -2.56.